The van der Waals surface area contributed by atoms with Crippen LogP contribution in [0.5, 0.6) is 0 Å². The van der Waals surface area contributed by atoms with Crippen LogP contribution in [0.4, 0.5) is 0 Å². The summed E-state index contributed by atoms with van der Waals surface area (Å²) in [7, 11) is 0. The largest absolute Gasteiger partial charge is 0.365 e. The van der Waals surface area contributed by atoms with Gasteiger partial charge in [0.25, 0.3) is 0 Å². The van der Waals surface area contributed by atoms with Crippen LogP contribution in [0.25, 0.3) is 0 Å². The first-order valence-corrected chi connectivity index (χ1v) is 5.69. The minimum atomic E-state index is 0.284. The molecule has 1 aliphatic heterocycles. The minimum absolute atomic E-state index is 0.284. The van der Waals surface area contributed by atoms with E-state index in [4.69, 9.17) is 4.74 Å². The summed E-state index contributed by atoms with van der Waals surface area (Å²) >= 11 is 0. The first-order chi connectivity index (χ1) is 7.93. The molecule has 0 spiro atoms. The van der Waals surface area contributed by atoms with Crippen LogP contribution in [0.1, 0.15) is 29.8 Å². The Balaban J connectivity index is 1.68. The summed E-state index contributed by atoms with van der Waals surface area (Å²) in [5.74, 6) is 0. The highest BCUT2D eigenvalue weighted by atomic mass is 16.5. The average molecular weight is 210 g/mol. The van der Waals surface area contributed by atoms with Gasteiger partial charge in [0.15, 0.2) is 0 Å². The predicted molar refractivity (Wildman–Crippen MR) is 64.1 cm³/mol. The van der Waals surface area contributed by atoms with E-state index in [0.717, 1.165) is 6.42 Å². The Morgan fingerprint density at radius 1 is 0.688 bits per heavy atom. The molecule has 1 nitrogen and oxygen atoms in total. The van der Waals surface area contributed by atoms with Crippen LogP contribution in [0, 0.1) is 0 Å². The Hall–Kier alpha value is -1.60. The smallest absolute Gasteiger partial charge is 0.0861 e. The van der Waals surface area contributed by atoms with Crippen LogP contribution in [0.15, 0.2) is 60.7 Å². The molecule has 0 N–H and O–H groups in total. The first-order valence-electron chi connectivity index (χ1n) is 5.69. The molecular formula is C15H14O. The van der Waals surface area contributed by atoms with Gasteiger partial charge in [-0.1, -0.05) is 60.7 Å². The van der Waals surface area contributed by atoms with Crippen molar-refractivity contribution in [3.63, 3.8) is 0 Å². The lowest BCUT2D eigenvalue weighted by atomic mass is 9.93. The van der Waals surface area contributed by atoms with Gasteiger partial charge in [0.05, 0.1) is 12.2 Å². The highest BCUT2D eigenvalue weighted by Crippen LogP contribution is 2.44. The molecule has 3 rings (SSSR count). The van der Waals surface area contributed by atoms with E-state index in [2.05, 4.69) is 48.5 Å². The fourth-order valence-electron chi connectivity index (χ4n) is 2.15. The fraction of sp³-hybridized carbons (Fsp3) is 0.200. The fourth-order valence-corrected chi connectivity index (χ4v) is 2.15. The Morgan fingerprint density at radius 3 is 1.44 bits per heavy atom. The van der Waals surface area contributed by atoms with Crippen molar-refractivity contribution in [2.45, 2.75) is 18.6 Å². The van der Waals surface area contributed by atoms with Crippen molar-refractivity contribution in [1.82, 2.24) is 0 Å². The molecule has 1 heterocycles. The van der Waals surface area contributed by atoms with E-state index in [-0.39, 0.29) is 12.2 Å². The molecule has 2 aromatic rings. The van der Waals surface area contributed by atoms with Crippen LogP contribution >= 0.6 is 0 Å². The lowest BCUT2D eigenvalue weighted by Gasteiger charge is -2.36. The highest BCUT2D eigenvalue weighted by molar-refractivity contribution is 5.24. The monoisotopic (exact) mass is 210 g/mol. The summed E-state index contributed by atoms with van der Waals surface area (Å²) < 4.78 is 5.91. The van der Waals surface area contributed by atoms with Gasteiger partial charge < -0.3 is 4.74 Å². The topological polar surface area (TPSA) is 9.23 Å². The third-order valence-corrected chi connectivity index (χ3v) is 3.10. The molecule has 1 aliphatic rings. The summed E-state index contributed by atoms with van der Waals surface area (Å²) in [5.41, 5.74) is 2.57. The van der Waals surface area contributed by atoms with Crippen molar-refractivity contribution in [2.75, 3.05) is 0 Å². The van der Waals surface area contributed by atoms with Crippen molar-refractivity contribution in [3.8, 4) is 0 Å². The molecule has 2 atom stereocenters. The van der Waals surface area contributed by atoms with Gasteiger partial charge in [-0.25, -0.2) is 0 Å². The first kappa shape index (κ1) is 9.61. The lowest BCUT2D eigenvalue weighted by molar-refractivity contribution is -0.130. The summed E-state index contributed by atoms with van der Waals surface area (Å²) in [5, 5.41) is 0. The average Bonchev–Trinajstić information content (AvgIpc) is 2.30. The molecule has 0 radical (unpaired) electrons. The van der Waals surface area contributed by atoms with Gasteiger partial charge >= 0.3 is 0 Å². The minimum Gasteiger partial charge on any atom is -0.365 e. The van der Waals surface area contributed by atoms with Gasteiger partial charge in [-0.3, -0.25) is 0 Å². The van der Waals surface area contributed by atoms with Crippen LogP contribution < -0.4 is 0 Å². The van der Waals surface area contributed by atoms with Crippen LogP contribution in [0.2, 0.25) is 0 Å². The SMILES string of the molecule is c1ccc([C@H]2C[C@H](c3ccccc3)O2)cc1. The molecule has 0 amide bonds. The maximum atomic E-state index is 5.91. The van der Waals surface area contributed by atoms with E-state index in [1.807, 2.05) is 12.1 Å². The standard InChI is InChI=1S/C15H14O/c1-3-7-12(8-4-1)14-11-15(16-14)13-9-5-2-6-10-13/h1-10,14-15H,11H2/t14-,15-/m1/s1. The van der Waals surface area contributed by atoms with Gasteiger partial charge in [0.2, 0.25) is 0 Å². The van der Waals surface area contributed by atoms with E-state index in [1.165, 1.54) is 11.1 Å². The quantitative estimate of drug-likeness (QED) is 0.730. The molecule has 16 heavy (non-hydrogen) atoms. The van der Waals surface area contributed by atoms with Crippen molar-refractivity contribution < 1.29 is 4.74 Å². The van der Waals surface area contributed by atoms with Crippen LogP contribution in [-0.2, 0) is 4.74 Å². The van der Waals surface area contributed by atoms with E-state index in [9.17, 15) is 0 Å². The van der Waals surface area contributed by atoms with E-state index in [1.54, 1.807) is 0 Å². The summed E-state index contributed by atoms with van der Waals surface area (Å²) in [4.78, 5) is 0. The molecular weight excluding hydrogens is 196 g/mol. The highest BCUT2D eigenvalue weighted by Gasteiger charge is 2.31. The molecule has 0 unspecified atom stereocenters. The summed E-state index contributed by atoms with van der Waals surface area (Å²) in [6, 6.07) is 20.9. The van der Waals surface area contributed by atoms with Crippen molar-refractivity contribution >= 4 is 0 Å². The van der Waals surface area contributed by atoms with Crippen LogP contribution in [0.3, 0.4) is 0 Å². The van der Waals surface area contributed by atoms with E-state index >= 15 is 0 Å². The number of hydrogen-bond acceptors (Lipinski definition) is 1. The van der Waals surface area contributed by atoms with Crippen molar-refractivity contribution in [3.05, 3.63) is 71.8 Å². The van der Waals surface area contributed by atoms with Gasteiger partial charge in [-0.2, -0.15) is 0 Å². The zero-order valence-electron chi connectivity index (χ0n) is 9.04. The number of benzene rings is 2. The van der Waals surface area contributed by atoms with Crippen LogP contribution in [-0.4, -0.2) is 0 Å². The summed E-state index contributed by atoms with van der Waals surface area (Å²) in [6.45, 7) is 0. The van der Waals surface area contributed by atoms with Crippen molar-refractivity contribution in [1.29, 1.82) is 0 Å². The summed E-state index contributed by atoms with van der Waals surface area (Å²) in [6.07, 6.45) is 1.66. The van der Waals surface area contributed by atoms with Gasteiger partial charge in [0, 0.05) is 6.42 Å². The molecule has 0 saturated carbocycles. The number of ether oxygens (including phenoxy) is 1. The number of rotatable bonds is 2. The predicted octanol–water partition coefficient (Wildman–Crippen LogP) is 3.89. The Morgan fingerprint density at radius 2 is 1.06 bits per heavy atom. The Kier molecular flexibility index (Phi) is 2.47. The molecule has 1 fully saturated rings. The van der Waals surface area contributed by atoms with E-state index < -0.39 is 0 Å². The third-order valence-electron chi connectivity index (χ3n) is 3.10. The normalized spacial score (nSPS) is 23.8. The molecule has 2 aromatic carbocycles. The maximum Gasteiger partial charge on any atom is 0.0861 e. The second kappa shape index (κ2) is 4.11. The number of hydrogen-bond donors (Lipinski definition) is 0. The maximum absolute atomic E-state index is 5.91. The molecule has 0 bridgehead atoms. The van der Waals surface area contributed by atoms with Gasteiger partial charge in [0.1, 0.15) is 0 Å². The molecule has 80 valence electrons. The zero-order chi connectivity index (χ0) is 10.8. The molecule has 0 aromatic heterocycles. The lowest BCUT2D eigenvalue weighted by Crippen LogP contribution is -2.23. The molecule has 1 heteroatoms. The Bertz CT molecular complexity index is 400. The molecule has 0 aliphatic carbocycles. The second-order valence-electron chi connectivity index (χ2n) is 4.17. The third kappa shape index (κ3) is 1.74. The second-order valence-corrected chi connectivity index (χ2v) is 4.17. The zero-order valence-corrected chi connectivity index (χ0v) is 9.04. The molecule has 1 saturated heterocycles. The van der Waals surface area contributed by atoms with E-state index in [0.29, 0.717) is 0 Å². The van der Waals surface area contributed by atoms with Gasteiger partial charge in [-0.15, -0.1) is 0 Å². The van der Waals surface area contributed by atoms with Crippen molar-refractivity contribution in [2.24, 2.45) is 0 Å². The Labute approximate surface area is 95.7 Å². The van der Waals surface area contributed by atoms with Gasteiger partial charge in [-0.05, 0) is 11.1 Å².